The second-order valence-electron chi connectivity index (χ2n) is 4.58. The highest BCUT2D eigenvalue weighted by molar-refractivity contribution is 9.10. The summed E-state index contributed by atoms with van der Waals surface area (Å²) in [5.41, 5.74) is -0.459. The van der Waals surface area contributed by atoms with Gasteiger partial charge in [-0.15, -0.1) is 0 Å². The molecule has 0 aromatic heterocycles. The van der Waals surface area contributed by atoms with E-state index in [0.29, 0.717) is 17.3 Å². The molecule has 2 nitrogen and oxygen atoms in total. The number of carbonyl (C=O) groups excluding carboxylic acids is 1. The molecule has 1 aliphatic carbocycles. The monoisotopic (exact) mass is 300 g/mol. The van der Waals surface area contributed by atoms with Crippen molar-refractivity contribution in [3.63, 3.8) is 0 Å². The van der Waals surface area contributed by atoms with Crippen LogP contribution in [0.2, 0.25) is 0 Å². The molecule has 0 aliphatic heterocycles. The molecule has 92 valence electrons. The van der Waals surface area contributed by atoms with Crippen LogP contribution in [0.15, 0.2) is 22.7 Å². The van der Waals surface area contributed by atoms with Gasteiger partial charge in [0.2, 0.25) is 0 Å². The van der Waals surface area contributed by atoms with E-state index in [4.69, 9.17) is 4.74 Å². The molecule has 2 rings (SSSR count). The molecule has 0 amide bonds. The highest BCUT2D eigenvalue weighted by Gasteiger charge is 2.51. The number of benzene rings is 1. The number of carbonyl (C=O) groups is 1. The van der Waals surface area contributed by atoms with Crippen LogP contribution in [0.4, 0.5) is 4.39 Å². The zero-order chi connectivity index (χ0) is 12.6. The smallest absolute Gasteiger partial charge is 0.166 e. The van der Waals surface area contributed by atoms with Crippen LogP contribution in [0.3, 0.4) is 0 Å². The van der Waals surface area contributed by atoms with E-state index in [9.17, 15) is 9.18 Å². The molecule has 17 heavy (non-hydrogen) atoms. The van der Waals surface area contributed by atoms with Crippen molar-refractivity contribution in [1.82, 2.24) is 0 Å². The van der Waals surface area contributed by atoms with Crippen molar-refractivity contribution in [2.75, 3.05) is 0 Å². The second kappa shape index (κ2) is 4.41. The Balaban J connectivity index is 2.15. The minimum atomic E-state index is -0.459. The summed E-state index contributed by atoms with van der Waals surface area (Å²) >= 11 is 3.19. The molecule has 0 N–H and O–H groups in total. The highest BCUT2D eigenvalue weighted by atomic mass is 79.9. The van der Waals surface area contributed by atoms with Gasteiger partial charge in [0.1, 0.15) is 11.9 Å². The van der Waals surface area contributed by atoms with Crippen molar-refractivity contribution in [3.8, 4) is 5.75 Å². The maximum Gasteiger partial charge on any atom is 0.166 e. The Bertz CT molecular complexity index is 461. The van der Waals surface area contributed by atoms with Crippen LogP contribution in [0, 0.1) is 11.2 Å². The number of ether oxygens (including phenoxy) is 1. The third kappa shape index (κ3) is 2.10. The zero-order valence-electron chi connectivity index (χ0n) is 9.80. The van der Waals surface area contributed by atoms with E-state index in [1.807, 2.05) is 13.8 Å². The molecule has 1 aromatic carbocycles. The van der Waals surface area contributed by atoms with Crippen LogP contribution in [-0.2, 0) is 4.79 Å². The Kier molecular flexibility index (Phi) is 3.25. The van der Waals surface area contributed by atoms with Gasteiger partial charge in [-0.05, 0) is 31.5 Å². The largest absolute Gasteiger partial charge is 0.486 e. The van der Waals surface area contributed by atoms with Crippen molar-refractivity contribution >= 4 is 21.7 Å². The van der Waals surface area contributed by atoms with Gasteiger partial charge >= 0.3 is 0 Å². The summed E-state index contributed by atoms with van der Waals surface area (Å²) in [6, 6.07) is 4.67. The average molecular weight is 301 g/mol. The molecular formula is C13H14BrFO2. The van der Waals surface area contributed by atoms with Gasteiger partial charge < -0.3 is 4.74 Å². The maximum absolute atomic E-state index is 13.6. The minimum Gasteiger partial charge on any atom is -0.486 e. The average Bonchev–Trinajstić information content (AvgIpc) is 2.30. The van der Waals surface area contributed by atoms with E-state index < -0.39 is 11.2 Å². The summed E-state index contributed by atoms with van der Waals surface area (Å²) in [7, 11) is 0. The lowest BCUT2D eigenvalue weighted by Gasteiger charge is -2.44. The van der Waals surface area contributed by atoms with Gasteiger partial charge in [0.05, 0.1) is 5.41 Å². The van der Waals surface area contributed by atoms with Gasteiger partial charge in [0, 0.05) is 10.9 Å². The van der Waals surface area contributed by atoms with Gasteiger partial charge in [-0.25, -0.2) is 4.39 Å². The summed E-state index contributed by atoms with van der Waals surface area (Å²) in [6.07, 6.45) is 0.879. The molecule has 0 spiro atoms. The van der Waals surface area contributed by atoms with Gasteiger partial charge in [-0.2, -0.15) is 0 Å². The van der Waals surface area contributed by atoms with Crippen molar-refractivity contribution < 1.29 is 13.9 Å². The maximum atomic E-state index is 13.6. The Hall–Kier alpha value is -0.900. The summed E-state index contributed by atoms with van der Waals surface area (Å²) in [4.78, 5) is 11.5. The van der Waals surface area contributed by atoms with E-state index >= 15 is 0 Å². The summed E-state index contributed by atoms with van der Waals surface area (Å²) in [5.74, 6) is 0.00470. The van der Waals surface area contributed by atoms with Crippen LogP contribution < -0.4 is 4.74 Å². The minimum absolute atomic E-state index is 0.197. The van der Waals surface area contributed by atoms with E-state index in [1.54, 1.807) is 12.1 Å². The predicted molar refractivity (Wildman–Crippen MR) is 66.5 cm³/mol. The summed E-state index contributed by atoms with van der Waals surface area (Å²) < 4.78 is 19.9. The second-order valence-corrected chi connectivity index (χ2v) is 5.50. The molecule has 0 heterocycles. The quantitative estimate of drug-likeness (QED) is 0.850. The Morgan fingerprint density at radius 2 is 2.29 bits per heavy atom. The Morgan fingerprint density at radius 1 is 1.59 bits per heavy atom. The van der Waals surface area contributed by atoms with Gasteiger partial charge in [0.15, 0.2) is 11.6 Å². The van der Waals surface area contributed by atoms with Gasteiger partial charge in [0.25, 0.3) is 0 Å². The van der Waals surface area contributed by atoms with Crippen molar-refractivity contribution in [2.24, 2.45) is 5.41 Å². The summed E-state index contributed by atoms with van der Waals surface area (Å²) in [5, 5.41) is 0. The molecule has 1 saturated carbocycles. The van der Waals surface area contributed by atoms with Crippen molar-refractivity contribution in [3.05, 3.63) is 28.5 Å². The lowest BCUT2D eigenvalue weighted by molar-refractivity contribution is -0.150. The number of hydrogen-bond acceptors (Lipinski definition) is 2. The van der Waals surface area contributed by atoms with Gasteiger partial charge in [-0.3, -0.25) is 4.79 Å². The van der Waals surface area contributed by atoms with Crippen molar-refractivity contribution in [2.45, 2.75) is 32.8 Å². The summed E-state index contributed by atoms with van der Waals surface area (Å²) in [6.45, 7) is 3.83. The molecule has 4 heteroatoms. The van der Waals surface area contributed by atoms with E-state index in [1.165, 1.54) is 6.07 Å². The first-order chi connectivity index (χ1) is 7.97. The van der Waals surface area contributed by atoms with E-state index in [0.717, 1.165) is 0 Å². The molecule has 1 aromatic rings. The van der Waals surface area contributed by atoms with Crippen LogP contribution in [0.5, 0.6) is 5.75 Å². The Morgan fingerprint density at radius 3 is 2.82 bits per heavy atom. The molecule has 0 bridgehead atoms. The third-order valence-corrected chi connectivity index (χ3v) is 4.11. The fourth-order valence-electron chi connectivity index (χ4n) is 2.00. The molecule has 2 unspecified atom stereocenters. The highest BCUT2D eigenvalue weighted by Crippen LogP contribution is 2.43. The fraction of sp³-hybridized carbons (Fsp3) is 0.462. The van der Waals surface area contributed by atoms with Crippen LogP contribution in [0.1, 0.15) is 26.7 Å². The standard InChI is InChI=1S/C13H14BrFO2/c1-3-13(2)11(16)7-12(13)17-10-5-4-8(14)6-9(10)15/h4-6,12H,3,7H2,1-2H3. The molecular weight excluding hydrogens is 287 g/mol. The normalized spacial score (nSPS) is 27.8. The lowest BCUT2D eigenvalue weighted by atomic mass is 9.64. The van der Waals surface area contributed by atoms with Crippen LogP contribution in [-0.4, -0.2) is 11.9 Å². The fourth-order valence-corrected chi connectivity index (χ4v) is 2.33. The molecule has 1 fully saturated rings. The lowest BCUT2D eigenvalue weighted by Crippen LogP contribution is -2.54. The number of hydrogen-bond donors (Lipinski definition) is 0. The predicted octanol–water partition coefficient (Wildman–Crippen LogP) is 3.72. The van der Waals surface area contributed by atoms with Crippen molar-refractivity contribution in [1.29, 1.82) is 0 Å². The zero-order valence-corrected chi connectivity index (χ0v) is 11.4. The first-order valence-electron chi connectivity index (χ1n) is 5.62. The number of halogens is 2. The number of Topliss-reactive ketones (excluding diaryl/α,β-unsaturated/α-hetero) is 1. The number of ketones is 1. The third-order valence-electron chi connectivity index (χ3n) is 3.62. The molecule has 0 saturated heterocycles. The topological polar surface area (TPSA) is 26.3 Å². The van der Waals surface area contributed by atoms with E-state index in [-0.39, 0.29) is 17.6 Å². The van der Waals surface area contributed by atoms with Crippen LogP contribution >= 0.6 is 15.9 Å². The Labute approximate surface area is 108 Å². The molecule has 0 radical (unpaired) electrons. The number of rotatable bonds is 3. The van der Waals surface area contributed by atoms with E-state index in [2.05, 4.69) is 15.9 Å². The first-order valence-corrected chi connectivity index (χ1v) is 6.41. The molecule has 2 atom stereocenters. The SMILES string of the molecule is CCC1(C)C(=O)CC1Oc1ccc(Br)cc1F. The first kappa shape index (κ1) is 12.6. The molecule has 1 aliphatic rings. The van der Waals surface area contributed by atoms with Crippen LogP contribution in [0.25, 0.3) is 0 Å². The van der Waals surface area contributed by atoms with Gasteiger partial charge in [-0.1, -0.05) is 22.9 Å².